The second-order valence-corrected chi connectivity index (χ2v) is 7.04. The number of hydrogen-bond donors (Lipinski definition) is 0. The van der Waals surface area contributed by atoms with Gasteiger partial charge in [0.15, 0.2) is 5.76 Å². The summed E-state index contributed by atoms with van der Waals surface area (Å²) in [6.45, 7) is 7.17. The fourth-order valence-corrected chi connectivity index (χ4v) is 2.64. The van der Waals surface area contributed by atoms with Gasteiger partial charge in [-0.1, -0.05) is 31.7 Å². The molecule has 2 aliphatic heterocycles. The van der Waals surface area contributed by atoms with Crippen molar-refractivity contribution in [2.75, 3.05) is 26.4 Å². The Bertz CT molecular complexity index is 767. The Labute approximate surface area is 148 Å². The summed E-state index contributed by atoms with van der Waals surface area (Å²) in [6.07, 6.45) is 4.52. The maximum atomic E-state index is 5.70. The molecule has 0 saturated carbocycles. The van der Waals surface area contributed by atoms with Crippen molar-refractivity contribution in [3.8, 4) is 5.75 Å². The lowest BCUT2D eigenvalue weighted by atomic mass is 9.77. The van der Waals surface area contributed by atoms with Crippen molar-refractivity contribution in [3.05, 3.63) is 64.8 Å². The summed E-state index contributed by atoms with van der Waals surface area (Å²) >= 11 is 0. The molecule has 0 bridgehead atoms. The Kier molecular flexibility index (Phi) is 4.29. The molecule has 4 heteroatoms. The number of rotatable bonds is 8. The highest BCUT2D eigenvalue weighted by molar-refractivity contribution is 5.44. The molecule has 0 aromatic heterocycles. The molecule has 1 aliphatic carbocycles. The van der Waals surface area contributed by atoms with E-state index in [1.165, 1.54) is 5.56 Å². The van der Waals surface area contributed by atoms with Crippen LogP contribution in [-0.2, 0) is 19.6 Å². The van der Waals surface area contributed by atoms with Crippen LogP contribution in [0.15, 0.2) is 59.2 Å². The van der Waals surface area contributed by atoms with E-state index in [4.69, 9.17) is 18.9 Å². The van der Waals surface area contributed by atoms with E-state index in [1.807, 2.05) is 18.2 Å². The summed E-state index contributed by atoms with van der Waals surface area (Å²) < 4.78 is 21.6. The largest absolute Gasteiger partial charge is 0.491 e. The van der Waals surface area contributed by atoms with Gasteiger partial charge in [0.1, 0.15) is 31.2 Å². The highest BCUT2D eigenvalue weighted by atomic mass is 16.6. The van der Waals surface area contributed by atoms with Crippen LogP contribution in [0.4, 0.5) is 0 Å². The smallest absolute Gasteiger partial charge is 0.170 e. The molecule has 25 heavy (non-hydrogen) atoms. The van der Waals surface area contributed by atoms with E-state index in [-0.39, 0.29) is 17.6 Å². The molecular formula is C21H22O4. The van der Waals surface area contributed by atoms with Crippen molar-refractivity contribution in [3.63, 3.8) is 0 Å². The quantitative estimate of drug-likeness (QED) is 0.539. The molecule has 0 N–H and O–H groups in total. The second kappa shape index (κ2) is 6.59. The van der Waals surface area contributed by atoms with E-state index >= 15 is 0 Å². The topological polar surface area (TPSA) is 43.5 Å². The molecule has 0 spiro atoms. The van der Waals surface area contributed by atoms with Crippen LogP contribution in [0.5, 0.6) is 5.75 Å². The first-order valence-electron chi connectivity index (χ1n) is 8.65. The van der Waals surface area contributed by atoms with Crippen molar-refractivity contribution >= 4 is 0 Å². The monoisotopic (exact) mass is 338 g/mol. The van der Waals surface area contributed by atoms with E-state index in [0.717, 1.165) is 24.5 Å². The highest BCUT2D eigenvalue weighted by Gasteiger charge is 2.27. The van der Waals surface area contributed by atoms with Crippen LogP contribution in [0, 0.1) is 0 Å². The lowest BCUT2D eigenvalue weighted by Gasteiger charge is -2.26. The first-order chi connectivity index (χ1) is 12.1. The van der Waals surface area contributed by atoms with Crippen LogP contribution in [0.1, 0.15) is 19.4 Å². The standard InChI is InChI=1S/C21H22O4/c1-21(2,15-3-7-17(8-4-15)22-11-19-13-24-19)16-5-9-18(10-6-16)23-12-20-14-25-20/h3-5,7-9,19-20H,11-14H2,1-2H3. The van der Waals surface area contributed by atoms with E-state index in [1.54, 1.807) is 0 Å². The molecule has 4 nitrogen and oxygen atoms in total. The molecule has 2 atom stereocenters. The minimum absolute atomic E-state index is 0.174. The number of benzene rings is 1. The lowest BCUT2D eigenvalue weighted by molar-refractivity contribution is 0.193. The van der Waals surface area contributed by atoms with Gasteiger partial charge in [0, 0.05) is 11.0 Å². The fraction of sp³-hybridized carbons (Fsp3) is 0.429. The third-order valence-electron chi connectivity index (χ3n) is 4.64. The van der Waals surface area contributed by atoms with E-state index in [0.29, 0.717) is 19.0 Å². The summed E-state index contributed by atoms with van der Waals surface area (Å²) in [6, 6.07) is 8.23. The molecule has 130 valence electrons. The van der Waals surface area contributed by atoms with Crippen LogP contribution >= 0.6 is 0 Å². The molecule has 0 amide bonds. The van der Waals surface area contributed by atoms with Gasteiger partial charge in [-0.3, -0.25) is 0 Å². The summed E-state index contributed by atoms with van der Waals surface area (Å²) in [7, 11) is 0. The first kappa shape index (κ1) is 16.3. The third kappa shape index (κ3) is 4.07. The Balaban J connectivity index is 1.46. The molecular weight excluding hydrogens is 316 g/mol. The maximum absolute atomic E-state index is 5.70. The normalized spacial score (nSPS) is 23.8. The summed E-state index contributed by atoms with van der Waals surface area (Å²) in [5.74, 6) is 1.58. The summed E-state index contributed by atoms with van der Waals surface area (Å²) in [5, 5.41) is 0. The van der Waals surface area contributed by atoms with Crippen LogP contribution in [0.25, 0.3) is 0 Å². The number of hydrogen-bond acceptors (Lipinski definition) is 4. The molecule has 2 heterocycles. The van der Waals surface area contributed by atoms with Crippen molar-refractivity contribution < 1.29 is 18.9 Å². The predicted molar refractivity (Wildman–Crippen MR) is 93.6 cm³/mol. The van der Waals surface area contributed by atoms with Gasteiger partial charge in [-0.2, -0.15) is 0 Å². The minimum atomic E-state index is -0.174. The van der Waals surface area contributed by atoms with E-state index in [2.05, 4.69) is 43.5 Å². The van der Waals surface area contributed by atoms with Gasteiger partial charge < -0.3 is 18.9 Å². The second-order valence-electron chi connectivity index (χ2n) is 7.04. The first-order valence-corrected chi connectivity index (χ1v) is 8.65. The van der Waals surface area contributed by atoms with Gasteiger partial charge in [0.25, 0.3) is 0 Å². The van der Waals surface area contributed by atoms with Crippen molar-refractivity contribution in [1.29, 1.82) is 0 Å². The molecule has 1 aromatic carbocycles. The van der Waals surface area contributed by atoms with E-state index in [9.17, 15) is 0 Å². The zero-order valence-electron chi connectivity index (χ0n) is 14.6. The van der Waals surface area contributed by atoms with Crippen molar-refractivity contribution in [2.24, 2.45) is 0 Å². The molecule has 2 saturated heterocycles. The zero-order chi connectivity index (χ0) is 17.3. The Morgan fingerprint density at radius 3 is 2.16 bits per heavy atom. The maximum Gasteiger partial charge on any atom is 0.170 e. The summed E-state index contributed by atoms with van der Waals surface area (Å²) in [4.78, 5) is 0. The lowest BCUT2D eigenvalue weighted by Crippen LogP contribution is -2.19. The van der Waals surface area contributed by atoms with Crippen LogP contribution in [0.3, 0.4) is 0 Å². The van der Waals surface area contributed by atoms with E-state index < -0.39 is 0 Å². The molecule has 0 radical (unpaired) electrons. The van der Waals surface area contributed by atoms with Crippen LogP contribution in [0.2, 0.25) is 0 Å². The molecule has 2 unspecified atom stereocenters. The highest BCUT2D eigenvalue weighted by Crippen LogP contribution is 2.33. The number of allylic oxidation sites excluding steroid dienone is 3. The van der Waals surface area contributed by atoms with Gasteiger partial charge >= 0.3 is 0 Å². The average molecular weight is 338 g/mol. The van der Waals surface area contributed by atoms with Gasteiger partial charge in [0.2, 0.25) is 0 Å². The Morgan fingerprint density at radius 1 is 0.960 bits per heavy atom. The van der Waals surface area contributed by atoms with Gasteiger partial charge in [-0.25, -0.2) is 0 Å². The SMILES string of the molecule is CC(C)(C1=C=C=C(OCC2CO2)C=C1)c1ccc(OCC2CO2)cc1. The Morgan fingerprint density at radius 2 is 1.60 bits per heavy atom. The third-order valence-corrected chi connectivity index (χ3v) is 4.64. The fourth-order valence-electron chi connectivity index (χ4n) is 2.64. The Hall–Kier alpha value is -2.22. The number of epoxide rings is 2. The molecule has 2 fully saturated rings. The summed E-state index contributed by atoms with van der Waals surface area (Å²) in [5.41, 5.74) is 8.45. The van der Waals surface area contributed by atoms with Crippen LogP contribution in [-0.4, -0.2) is 38.6 Å². The van der Waals surface area contributed by atoms with Crippen LogP contribution < -0.4 is 4.74 Å². The van der Waals surface area contributed by atoms with Crippen molar-refractivity contribution in [1.82, 2.24) is 0 Å². The molecule has 4 rings (SSSR count). The minimum Gasteiger partial charge on any atom is -0.491 e. The molecule has 3 aliphatic rings. The van der Waals surface area contributed by atoms with Gasteiger partial charge in [-0.15, -0.1) is 0 Å². The average Bonchev–Trinajstić information content (AvgIpc) is 3.54. The van der Waals surface area contributed by atoms with Crippen molar-refractivity contribution in [2.45, 2.75) is 31.5 Å². The predicted octanol–water partition coefficient (Wildman–Crippen LogP) is 3.29. The molecule has 1 aromatic rings. The zero-order valence-corrected chi connectivity index (χ0v) is 14.6. The van der Waals surface area contributed by atoms with Gasteiger partial charge in [-0.05, 0) is 35.6 Å². The number of ether oxygens (including phenoxy) is 4. The van der Waals surface area contributed by atoms with Gasteiger partial charge in [0.05, 0.1) is 13.2 Å².